The predicted octanol–water partition coefficient (Wildman–Crippen LogP) is 1.82. The second kappa shape index (κ2) is 4.80. The zero-order valence-electron chi connectivity index (χ0n) is 11.5. The number of amides is 1. The van der Waals surface area contributed by atoms with Gasteiger partial charge < -0.3 is 19.6 Å². The van der Waals surface area contributed by atoms with Gasteiger partial charge in [0.1, 0.15) is 17.6 Å². The fourth-order valence-corrected chi connectivity index (χ4v) is 2.40. The van der Waals surface area contributed by atoms with Crippen LogP contribution in [0.1, 0.15) is 23.2 Å². The molecule has 110 valence electrons. The van der Waals surface area contributed by atoms with Crippen LogP contribution in [0.15, 0.2) is 28.9 Å². The van der Waals surface area contributed by atoms with Gasteiger partial charge in [-0.1, -0.05) is 6.07 Å². The third-order valence-electron chi connectivity index (χ3n) is 3.88. The molecule has 3 rings (SSSR count). The van der Waals surface area contributed by atoms with Crippen LogP contribution in [-0.4, -0.2) is 30.6 Å². The summed E-state index contributed by atoms with van der Waals surface area (Å²) in [6.07, 6.45) is 2.71. The molecule has 0 aliphatic heterocycles. The minimum absolute atomic E-state index is 0.0134. The summed E-state index contributed by atoms with van der Waals surface area (Å²) < 4.78 is 10.00. The summed E-state index contributed by atoms with van der Waals surface area (Å²) in [5.41, 5.74) is 0.101. The van der Waals surface area contributed by atoms with Crippen LogP contribution in [0, 0.1) is 5.41 Å². The number of furan rings is 1. The Labute approximate surface area is 120 Å². The van der Waals surface area contributed by atoms with Crippen molar-refractivity contribution >= 4 is 22.8 Å². The number of esters is 1. The lowest BCUT2D eigenvalue weighted by Gasteiger charge is -2.13. The summed E-state index contributed by atoms with van der Waals surface area (Å²) in [7, 11) is 1.34. The number of hydrogen-bond donors (Lipinski definition) is 2. The lowest BCUT2D eigenvalue weighted by molar-refractivity contribution is -0.146. The Bertz CT molecular complexity index is 714. The molecular formula is C15H15NO5. The van der Waals surface area contributed by atoms with Crippen molar-refractivity contribution in [3.05, 3.63) is 30.0 Å². The van der Waals surface area contributed by atoms with Crippen LogP contribution < -0.4 is 5.32 Å². The van der Waals surface area contributed by atoms with Crippen LogP contribution >= 0.6 is 0 Å². The van der Waals surface area contributed by atoms with Gasteiger partial charge in [0.05, 0.1) is 23.5 Å². The van der Waals surface area contributed by atoms with Crippen LogP contribution in [-0.2, 0) is 9.53 Å². The van der Waals surface area contributed by atoms with E-state index in [9.17, 15) is 14.7 Å². The molecule has 6 heteroatoms. The molecule has 6 nitrogen and oxygen atoms in total. The summed E-state index contributed by atoms with van der Waals surface area (Å²) in [6.45, 7) is 0.221. The fraction of sp³-hybridized carbons (Fsp3) is 0.333. The number of rotatable bonds is 4. The second-order valence-electron chi connectivity index (χ2n) is 5.25. The quantitative estimate of drug-likeness (QED) is 0.838. The standard InChI is InChI=1S/C15H15NO5/c1-20-14(19)15(5-6-15)8-16-13(18)9-7-21-11-4-2-3-10(17)12(9)11/h2-4,7,17H,5-6,8H2,1H3,(H,16,18). The fourth-order valence-electron chi connectivity index (χ4n) is 2.40. The molecule has 1 aromatic carbocycles. The van der Waals surface area contributed by atoms with Gasteiger partial charge in [0.15, 0.2) is 0 Å². The number of phenols is 1. The molecule has 1 amide bonds. The number of carbonyl (C=O) groups is 2. The van der Waals surface area contributed by atoms with Crippen LogP contribution in [0.25, 0.3) is 11.0 Å². The van der Waals surface area contributed by atoms with E-state index in [4.69, 9.17) is 9.15 Å². The van der Waals surface area contributed by atoms with Crippen molar-refractivity contribution in [1.29, 1.82) is 0 Å². The Kier molecular flexibility index (Phi) is 3.08. The molecule has 1 aromatic heterocycles. The van der Waals surface area contributed by atoms with Gasteiger partial charge in [-0.2, -0.15) is 0 Å². The molecule has 1 heterocycles. The van der Waals surface area contributed by atoms with E-state index in [1.165, 1.54) is 19.4 Å². The van der Waals surface area contributed by atoms with Crippen LogP contribution in [0.3, 0.4) is 0 Å². The Hall–Kier alpha value is -2.50. The van der Waals surface area contributed by atoms with E-state index in [0.717, 1.165) is 0 Å². The summed E-state index contributed by atoms with van der Waals surface area (Å²) in [5.74, 6) is -0.700. The molecule has 0 spiro atoms. The van der Waals surface area contributed by atoms with Crippen molar-refractivity contribution in [3.8, 4) is 5.75 Å². The smallest absolute Gasteiger partial charge is 0.313 e. The maximum absolute atomic E-state index is 12.2. The number of ether oxygens (including phenoxy) is 1. The first-order valence-electron chi connectivity index (χ1n) is 6.63. The lowest BCUT2D eigenvalue weighted by Crippen LogP contribution is -2.34. The average Bonchev–Trinajstić information content (AvgIpc) is 3.15. The third kappa shape index (κ3) is 2.22. The number of fused-ring (bicyclic) bond motifs is 1. The maximum atomic E-state index is 12.2. The minimum atomic E-state index is -0.591. The van der Waals surface area contributed by atoms with Crippen molar-refractivity contribution in [3.63, 3.8) is 0 Å². The molecule has 0 unspecified atom stereocenters. The highest BCUT2D eigenvalue weighted by Gasteiger charge is 2.51. The molecular weight excluding hydrogens is 274 g/mol. The molecule has 1 saturated carbocycles. The first kappa shape index (κ1) is 13.5. The van der Waals surface area contributed by atoms with E-state index in [-0.39, 0.29) is 29.7 Å². The number of phenolic OH excluding ortho intramolecular Hbond substituents is 1. The van der Waals surface area contributed by atoms with Crippen molar-refractivity contribution in [2.75, 3.05) is 13.7 Å². The van der Waals surface area contributed by atoms with E-state index < -0.39 is 5.41 Å². The van der Waals surface area contributed by atoms with E-state index in [0.29, 0.717) is 23.8 Å². The Balaban J connectivity index is 1.78. The molecule has 0 saturated heterocycles. The minimum Gasteiger partial charge on any atom is -0.507 e. The Morgan fingerprint density at radius 2 is 2.19 bits per heavy atom. The Morgan fingerprint density at radius 1 is 1.43 bits per heavy atom. The van der Waals surface area contributed by atoms with E-state index >= 15 is 0 Å². The molecule has 1 aliphatic carbocycles. The van der Waals surface area contributed by atoms with E-state index in [2.05, 4.69) is 5.32 Å². The van der Waals surface area contributed by atoms with Gasteiger partial charge in [-0.3, -0.25) is 9.59 Å². The van der Waals surface area contributed by atoms with Crippen LogP contribution in [0.2, 0.25) is 0 Å². The van der Waals surface area contributed by atoms with Gasteiger partial charge in [0.2, 0.25) is 0 Å². The SMILES string of the molecule is COC(=O)C1(CNC(=O)c2coc3cccc(O)c23)CC1. The van der Waals surface area contributed by atoms with Crippen molar-refractivity contribution in [1.82, 2.24) is 5.32 Å². The van der Waals surface area contributed by atoms with E-state index in [1.807, 2.05) is 0 Å². The van der Waals surface area contributed by atoms with Gasteiger partial charge in [-0.15, -0.1) is 0 Å². The van der Waals surface area contributed by atoms with Crippen molar-refractivity contribution < 1.29 is 23.8 Å². The molecule has 21 heavy (non-hydrogen) atoms. The molecule has 1 aliphatic rings. The monoisotopic (exact) mass is 289 g/mol. The summed E-state index contributed by atoms with van der Waals surface area (Å²) in [5, 5.41) is 12.9. The first-order valence-corrected chi connectivity index (χ1v) is 6.63. The molecule has 0 atom stereocenters. The number of carbonyl (C=O) groups excluding carboxylic acids is 2. The van der Waals surface area contributed by atoms with Gasteiger partial charge >= 0.3 is 5.97 Å². The lowest BCUT2D eigenvalue weighted by atomic mass is 10.1. The number of nitrogens with one attached hydrogen (secondary N) is 1. The highest BCUT2D eigenvalue weighted by molar-refractivity contribution is 6.08. The number of benzene rings is 1. The summed E-state index contributed by atoms with van der Waals surface area (Å²) in [4.78, 5) is 23.9. The number of aromatic hydroxyl groups is 1. The predicted molar refractivity (Wildman–Crippen MR) is 73.9 cm³/mol. The van der Waals surface area contributed by atoms with Crippen LogP contribution in [0.4, 0.5) is 0 Å². The van der Waals surface area contributed by atoms with Gasteiger partial charge in [-0.05, 0) is 25.0 Å². The van der Waals surface area contributed by atoms with Gasteiger partial charge in [0.25, 0.3) is 5.91 Å². The van der Waals surface area contributed by atoms with Crippen molar-refractivity contribution in [2.45, 2.75) is 12.8 Å². The largest absolute Gasteiger partial charge is 0.507 e. The van der Waals surface area contributed by atoms with Gasteiger partial charge in [0, 0.05) is 6.54 Å². The maximum Gasteiger partial charge on any atom is 0.313 e. The summed E-state index contributed by atoms with van der Waals surface area (Å²) >= 11 is 0. The number of hydrogen-bond acceptors (Lipinski definition) is 5. The molecule has 2 N–H and O–H groups in total. The molecule has 0 radical (unpaired) electrons. The highest BCUT2D eigenvalue weighted by atomic mass is 16.5. The second-order valence-corrected chi connectivity index (χ2v) is 5.25. The zero-order valence-corrected chi connectivity index (χ0v) is 11.5. The average molecular weight is 289 g/mol. The van der Waals surface area contributed by atoms with E-state index in [1.54, 1.807) is 12.1 Å². The number of methoxy groups -OCH3 is 1. The normalized spacial score (nSPS) is 15.7. The Morgan fingerprint density at radius 3 is 2.86 bits per heavy atom. The molecule has 0 bridgehead atoms. The zero-order chi connectivity index (χ0) is 15.0. The summed E-state index contributed by atoms with van der Waals surface area (Å²) in [6, 6.07) is 4.80. The third-order valence-corrected chi connectivity index (χ3v) is 3.88. The highest BCUT2D eigenvalue weighted by Crippen LogP contribution is 2.46. The first-order chi connectivity index (χ1) is 10.1. The topological polar surface area (TPSA) is 88.8 Å². The van der Waals surface area contributed by atoms with Gasteiger partial charge in [-0.25, -0.2) is 0 Å². The van der Waals surface area contributed by atoms with Crippen LogP contribution in [0.5, 0.6) is 5.75 Å². The van der Waals surface area contributed by atoms with Crippen molar-refractivity contribution in [2.24, 2.45) is 5.41 Å². The molecule has 2 aromatic rings. The molecule has 1 fully saturated rings.